The zero-order chi connectivity index (χ0) is 28.3. The largest absolute Gasteiger partial charge is 0.490 e. The lowest BCUT2D eigenvalue weighted by atomic mass is 9.71. The maximum absolute atomic E-state index is 13.8. The molecule has 0 unspecified atom stereocenters. The van der Waals surface area contributed by atoms with Gasteiger partial charge in [0.2, 0.25) is 0 Å². The average molecular weight is 552 g/mol. The summed E-state index contributed by atoms with van der Waals surface area (Å²) in [6.45, 7) is 9.11. The Labute approximate surface area is 234 Å². The fraction of sp³-hybridized carbons (Fsp3) is 0.387. The number of hydrogen-bond acceptors (Lipinski definition) is 7. The Hall–Kier alpha value is -3.58. The van der Waals surface area contributed by atoms with Gasteiger partial charge in [-0.3, -0.25) is 9.59 Å². The molecule has 1 aliphatic heterocycles. The van der Waals surface area contributed by atoms with Crippen molar-refractivity contribution < 1.29 is 28.6 Å². The lowest BCUT2D eigenvalue weighted by Crippen LogP contribution is -2.36. The van der Waals surface area contributed by atoms with Crippen LogP contribution in [0.5, 0.6) is 11.5 Å². The van der Waals surface area contributed by atoms with Crippen LogP contribution in [0, 0.1) is 0 Å². The van der Waals surface area contributed by atoms with Crippen LogP contribution in [0.4, 0.5) is 0 Å². The Bertz CT molecular complexity index is 1340. The first-order valence-electron chi connectivity index (χ1n) is 13.3. The molecule has 0 radical (unpaired) electrons. The number of hydrogen-bond donors (Lipinski definition) is 1. The highest BCUT2D eigenvalue weighted by Gasteiger charge is 2.42. The summed E-state index contributed by atoms with van der Waals surface area (Å²) >= 11 is 6.09. The molecule has 7 nitrogen and oxygen atoms in total. The molecule has 0 amide bonds. The predicted molar refractivity (Wildman–Crippen MR) is 149 cm³/mol. The molecular weight excluding hydrogens is 518 g/mol. The van der Waals surface area contributed by atoms with Crippen LogP contribution >= 0.6 is 11.6 Å². The third-order valence-electron chi connectivity index (χ3n) is 7.13. The summed E-state index contributed by atoms with van der Waals surface area (Å²) in [6.07, 6.45) is 1.29. The first-order chi connectivity index (χ1) is 18.6. The van der Waals surface area contributed by atoms with Gasteiger partial charge in [0.1, 0.15) is 0 Å². The van der Waals surface area contributed by atoms with Crippen LogP contribution in [0.2, 0.25) is 5.02 Å². The Kier molecular flexibility index (Phi) is 8.80. The lowest BCUT2D eigenvalue weighted by molar-refractivity contribution is -0.144. The Morgan fingerprint density at radius 2 is 1.74 bits per heavy atom. The minimum Gasteiger partial charge on any atom is -0.490 e. The third kappa shape index (κ3) is 6.19. The van der Waals surface area contributed by atoms with Gasteiger partial charge in [-0.15, -0.1) is 0 Å². The van der Waals surface area contributed by atoms with Crippen LogP contribution < -0.4 is 14.8 Å². The van der Waals surface area contributed by atoms with Crippen molar-refractivity contribution in [2.24, 2.45) is 0 Å². The fourth-order valence-corrected chi connectivity index (χ4v) is 5.28. The lowest BCUT2D eigenvalue weighted by Gasteiger charge is -2.37. The van der Waals surface area contributed by atoms with E-state index >= 15 is 0 Å². The predicted octanol–water partition coefficient (Wildman–Crippen LogP) is 6.37. The number of halogens is 1. The van der Waals surface area contributed by atoms with Gasteiger partial charge in [0, 0.05) is 41.3 Å². The van der Waals surface area contributed by atoms with E-state index in [2.05, 4.69) is 5.32 Å². The van der Waals surface area contributed by atoms with Crippen molar-refractivity contribution >= 4 is 29.3 Å². The van der Waals surface area contributed by atoms with E-state index in [0.29, 0.717) is 59.0 Å². The summed E-state index contributed by atoms with van der Waals surface area (Å²) in [6, 6.07) is 12.7. The highest BCUT2D eigenvalue weighted by molar-refractivity contribution is 6.30. The molecule has 0 fully saturated rings. The number of dihydropyridines is 1. The first kappa shape index (κ1) is 28.4. The molecule has 2 aromatic rings. The van der Waals surface area contributed by atoms with Crippen molar-refractivity contribution in [2.75, 3.05) is 6.61 Å². The van der Waals surface area contributed by atoms with E-state index in [0.717, 1.165) is 11.3 Å². The summed E-state index contributed by atoms with van der Waals surface area (Å²) < 4.78 is 16.9. The Balaban J connectivity index is 1.82. The van der Waals surface area contributed by atoms with Crippen molar-refractivity contribution in [1.82, 2.24) is 5.32 Å². The third-order valence-corrected chi connectivity index (χ3v) is 7.38. The van der Waals surface area contributed by atoms with E-state index < -0.39 is 17.9 Å². The second-order valence-electron chi connectivity index (χ2n) is 9.93. The highest BCUT2D eigenvalue weighted by atomic mass is 35.5. The van der Waals surface area contributed by atoms with E-state index in [1.807, 2.05) is 52.0 Å². The smallest absolute Gasteiger partial charge is 0.337 e. The number of carbonyl (C=O) groups excluding carboxylic acids is 3. The van der Waals surface area contributed by atoms with E-state index in [-0.39, 0.29) is 23.6 Å². The molecule has 1 heterocycles. The van der Waals surface area contributed by atoms with Crippen molar-refractivity contribution in [2.45, 2.75) is 71.8 Å². The number of nitrogens with one attached hydrogen (secondary N) is 1. The molecule has 0 spiro atoms. The Morgan fingerprint density at radius 1 is 1.05 bits per heavy atom. The van der Waals surface area contributed by atoms with Crippen LogP contribution in [0.3, 0.4) is 0 Å². The monoisotopic (exact) mass is 551 g/mol. The van der Waals surface area contributed by atoms with Gasteiger partial charge < -0.3 is 19.5 Å². The molecule has 0 saturated heterocycles. The van der Waals surface area contributed by atoms with Gasteiger partial charge in [0.25, 0.3) is 0 Å². The zero-order valence-electron chi connectivity index (χ0n) is 22.9. The van der Waals surface area contributed by atoms with Crippen LogP contribution in [0.1, 0.15) is 76.8 Å². The minimum atomic E-state index is -0.665. The van der Waals surface area contributed by atoms with Gasteiger partial charge >= 0.3 is 11.9 Å². The molecule has 8 heteroatoms. The van der Waals surface area contributed by atoms with Crippen molar-refractivity contribution in [3.63, 3.8) is 0 Å². The SMILES string of the molecule is CCOc1cc([C@@H]2C(C(=O)O[C@@H](C)CC)=C(C)NC3=C2C(=O)C[C@H](c2ccc(Cl)cc2)C3)ccc1OC(C)=O. The average Bonchev–Trinajstić information content (AvgIpc) is 2.88. The van der Waals surface area contributed by atoms with E-state index in [1.54, 1.807) is 18.2 Å². The van der Waals surface area contributed by atoms with Crippen LogP contribution in [-0.4, -0.2) is 30.4 Å². The molecule has 2 aliphatic rings. The minimum absolute atomic E-state index is 0.0200. The maximum atomic E-state index is 13.8. The molecule has 0 bridgehead atoms. The first-order valence-corrected chi connectivity index (χ1v) is 13.7. The second kappa shape index (κ2) is 12.1. The standard InChI is InChI=1S/C31H34ClNO6/c1-6-17(3)38-31(36)28-18(4)33-24-14-22(20-8-11-23(32)12-9-20)15-25(35)30(24)29(28)21-10-13-26(39-19(5)34)27(16-21)37-7-2/h8-13,16-17,22,29,33H,6-7,14-15H2,1-5H3/t17-,22+,29+/m0/s1. The molecule has 2 aromatic carbocycles. The maximum Gasteiger partial charge on any atom is 0.337 e. The van der Waals surface area contributed by atoms with Crippen molar-refractivity contribution in [1.29, 1.82) is 0 Å². The second-order valence-corrected chi connectivity index (χ2v) is 10.4. The van der Waals surface area contributed by atoms with Crippen LogP contribution in [0.15, 0.2) is 65.0 Å². The quantitative estimate of drug-likeness (QED) is 0.301. The number of rotatable bonds is 8. The van der Waals surface area contributed by atoms with E-state index in [4.69, 9.17) is 25.8 Å². The van der Waals surface area contributed by atoms with Gasteiger partial charge in [-0.25, -0.2) is 4.79 Å². The summed E-state index contributed by atoms with van der Waals surface area (Å²) in [5, 5.41) is 4.01. The number of carbonyl (C=O) groups is 3. The van der Waals surface area contributed by atoms with Gasteiger partial charge in [0.05, 0.1) is 18.3 Å². The summed E-state index contributed by atoms with van der Waals surface area (Å²) in [7, 11) is 0. The van der Waals surface area contributed by atoms with E-state index in [1.165, 1.54) is 6.92 Å². The normalized spacial score (nSPS) is 19.7. The summed E-state index contributed by atoms with van der Waals surface area (Å²) in [5.41, 5.74) is 4.07. The molecular formula is C31H34ClNO6. The highest BCUT2D eigenvalue weighted by Crippen LogP contribution is 2.47. The molecule has 39 heavy (non-hydrogen) atoms. The molecule has 1 N–H and O–H groups in total. The number of benzene rings is 2. The number of ether oxygens (including phenoxy) is 3. The van der Waals surface area contributed by atoms with Gasteiger partial charge in [-0.2, -0.15) is 0 Å². The summed E-state index contributed by atoms with van der Waals surface area (Å²) in [5.74, 6) is -1.04. The number of esters is 2. The molecule has 0 saturated carbocycles. The Morgan fingerprint density at radius 3 is 2.38 bits per heavy atom. The topological polar surface area (TPSA) is 90.9 Å². The van der Waals surface area contributed by atoms with Gasteiger partial charge in [-0.05, 0) is 74.9 Å². The van der Waals surface area contributed by atoms with Crippen molar-refractivity contribution in [3.05, 3.63) is 81.2 Å². The van der Waals surface area contributed by atoms with Crippen LogP contribution in [-0.2, 0) is 19.1 Å². The van der Waals surface area contributed by atoms with Crippen LogP contribution in [0.25, 0.3) is 0 Å². The fourth-order valence-electron chi connectivity index (χ4n) is 5.15. The van der Waals surface area contributed by atoms with Gasteiger partial charge in [-0.1, -0.05) is 36.7 Å². The van der Waals surface area contributed by atoms with Gasteiger partial charge in [0.15, 0.2) is 17.3 Å². The number of Topliss-reactive ketones (excluding diaryl/α,β-unsaturated/α-hetero) is 1. The van der Waals surface area contributed by atoms with E-state index in [9.17, 15) is 14.4 Å². The van der Waals surface area contributed by atoms with Crippen molar-refractivity contribution in [3.8, 4) is 11.5 Å². The molecule has 1 aliphatic carbocycles. The number of allylic oxidation sites excluding steroid dienone is 3. The summed E-state index contributed by atoms with van der Waals surface area (Å²) in [4.78, 5) is 39.0. The molecule has 206 valence electrons. The molecule has 0 aromatic heterocycles. The zero-order valence-corrected chi connectivity index (χ0v) is 23.7. The molecule has 3 atom stereocenters. The molecule has 4 rings (SSSR count). The number of ketones is 1.